The van der Waals surface area contributed by atoms with E-state index >= 15 is 0 Å². The maximum atomic E-state index is 12.4. The van der Waals surface area contributed by atoms with Gasteiger partial charge in [0.15, 0.2) is 0 Å². The molecule has 0 aliphatic carbocycles. The van der Waals surface area contributed by atoms with Gasteiger partial charge in [0.05, 0.1) is 30.9 Å². The molecule has 8 heteroatoms. The standard InChI is InChI=1S/C21H22N4O4/c26-19(22-14-5-7-15(8-6-14)25-9-11-29-12-10-25)13-18-21(28)23-17-4-2-1-3-16(17)20(27)24-18/h1-8,18H,9-13H2,(H,22,26)(H,23,28)(H,24,27)/t18-/m1/s1. The second-order valence-electron chi connectivity index (χ2n) is 6.96. The molecule has 1 fully saturated rings. The first kappa shape index (κ1) is 18.9. The number of benzene rings is 2. The Morgan fingerprint density at radius 1 is 1.07 bits per heavy atom. The van der Waals surface area contributed by atoms with E-state index in [1.807, 2.05) is 24.3 Å². The lowest BCUT2D eigenvalue weighted by Crippen LogP contribution is -2.43. The summed E-state index contributed by atoms with van der Waals surface area (Å²) < 4.78 is 5.35. The van der Waals surface area contributed by atoms with Gasteiger partial charge in [-0.15, -0.1) is 0 Å². The number of ether oxygens (including phenoxy) is 1. The van der Waals surface area contributed by atoms with Crippen LogP contribution in [0.4, 0.5) is 17.1 Å². The molecule has 0 radical (unpaired) electrons. The van der Waals surface area contributed by atoms with Crippen LogP contribution in [-0.2, 0) is 14.3 Å². The third kappa shape index (κ3) is 4.38. The Balaban J connectivity index is 1.37. The fourth-order valence-corrected chi connectivity index (χ4v) is 3.43. The third-order valence-corrected chi connectivity index (χ3v) is 4.97. The van der Waals surface area contributed by atoms with E-state index in [0.29, 0.717) is 30.2 Å². The number of rotatable bonds is 4. The van der Waals surface area contributed by atoms with Crippen molar-refractivity contribution in [2.45, 2.75) is 12.5 Å². The highest BCUT2D eigenvalue weighted by Crippen LogP contribution is 2.21. The van der Waals surface area contributed by atoms with Crippen LogP contribution in [0.2, 0.25) is 0 Å². The van der Waals surface area contributed by atoms with Crippen molar-refractivity contribution in [3.63, 3.8) is 0 Å². The first-order valence-electron chi connectivity index (χ1n) is 9.53. The molecule has 2 aromatic rings. The molecule has 2 aliphatic rings. The zero-order chi connectivity index (χ0) is 20.2. The Hall–Kier alpha value is -3.39. The van der Waals surface area contributed by atoms with E-state index in [1.165, 1.54) is 0 Å². The van der Waals surface area contributed by atoms with Crippen LogP contribution in [0.1, 0.15) is 16.8 Å². The fraction of sp³-hybridized carbons (Fsp3) is 0.286. The molecule has 150 valence electrons. The lowest BCUT2D eigenvalue weighted by atomic mass is 10.1. The van der Waals surface area contributed by atoms with Crippen molar-refractivity contribution in [2.75, 3.05) is 41.8 Å². The molecule has 1 atom stereocenters. The molecule has 2 heterocycles. The predicted molar refractivity (Wildman–Crippen MR) is 109 cm³/mol. The Morgan fingerprint density at radius 3 is 2.55 bits per heavy atom. The van der Waals surface area contributed by atoms with Crippen molar-refractivity contribution in [3.05, 3.63) is 54.1 Å². The molecule has 2 aliphatic heterocycles. The predicted octanol–water partition coefficient (Wildman–Crippen LogP) is 1.60. The smallest absolute Gasteiger partial charge is 0.254 e. The third-order valence-electron chi connectivity index (χ3n) is 4.97. The normalized spacial score (nSPS) is 18.9. The maximum absolute atomic E-state index is 12.4. The monoisotopic (exact) mass is 394 g/mol. The lowest BCUT2D eigenvalue weighted by Gasteiger charge is -2.28. The van der Waals surface area contributed by atoms with Gasteiger partial charge in [0.1, 0.15) is 6.04 Å². The highest BCUT2D eigenvalue weighted by Gasteiger charge is 2.29. The fourth-order valence-electron chi connectivity index (χ4n) is 3.43. The molecule has 2 aromatic carbocycles. The van der Waals surface area contributed by atoms with Crippen molar-refractivity contribution in [1.82, 2.24) is 5.32 Å². The summed E-state index contributed by atoms with van der Waals surface area (Å²) in [6.07, 6.45) is -0.156. The summed E-state index contributed by atoms with van der Waals surface area (Å²) in [6, 6.07) is 13.3. The number of morpholine rings is 1. The molecule has 3 amide bonds. The highest BCUT2D eigenvalue weighted by molar-refractivity contribution is 6.11. The summed E-state index contributed by atoms with van der Waals surface area (Å²) in [6.45, 7) is 3.09. The summed E-state index contributed by atoms with van der Waals surface area (Å²) in [4.78, 5) is 39.4. The van der Waals surface area contributed by atoms with E-state index in [4.69, 9.17) is 4.74 Å². The second-order valence-corrected chi connectivity index (χ2v) is 6.96. The second kappa shape index (κ2) is 8.32. The Labute approximate surface area is 168 Å². The molecule has 8 nitrogen and oxygen atoms in total. The number of nitrogens with zero attached hydrogens (tertiary/aromatic N) is 1. The van der Waals surface area contributed by atoms with Gasteiger partial charge in [-0.3, -0.25) is 14.4 Å². The minimum Gasteiger partial charge on any atom is -0.378 e. The Kier molecular flexibility index (Phi) is 5.44. The van der Waals surface area contributed by atoms with Gasteiger partial charge < -0.3 is 25.6 Å². The first-order chi connectivity index (χ1) is 14.1. The molecule has 0 spiro atoms. The van der Waals surface area contributed by atoms with E-state index in [9.17, 15) is 14.4 Å². The average Bonchev–Trinajstić information content (AvgIpc) is 2.85. The largest absolute Gasteiger partial charge is 0.378 e. The van der Waals surface area contributed by atoms with Gasteiger partial charge >= 0.3 is 0 Å². The van der Waals surface area contributed by atoms with Crippen LogP contribution in [0.15, 0.2) is 48.5 Å². The van der Waals surface area contributed by atoms with Crippen molar-refractivity contribution in [3.8, 4) is 0 Å². The first-order valence-corrected chi connectivity index (χ1v) is 9.53. The zero-order valence-electron chi connectivity index (χ0n) is 15.8. The van der Waals surface area contributed by atoms with E-state index in [2.05, 4.69) is 20.9 Å². The number of hydrogen-bond acceptors (Lipinski definition) is 5. The molecular weight excluding hydrogens is 372 g/mol. The quantitative estimate of drug-likeness (QED) is 0.732. The molecule has 0 unspecified atom stereocenters. The van der Waals surface area contributed by atoms with E-state index < -0.39 is 11.9 Å². The van der Waals surface area contributed by atoms with Gasteiger partial charge in [0.25, 0.3) is 5.91 Å². The Bertz CT molecular complexity index is 923. The number of nitrogens with one attached hydrogen (secondary N) is 3. The van der Waals surface area contributed by atoms with Gasteiger partial charge in [0.2, 0.25) is 11.8 Å². The summed E-state index contributed by atoms with van der Waals surface area (Å²) in [5.74, 6) is -1.15. The van der Waals surface area contributed by atoms with Gasteiger partial charge in [-0.2, -0.15) is 0 Å². The lowest BCUT2D eigenvalue weighted by molar-refractivity contribution is -0.122. The van der Waals surface area contributed by atoms with Crippen molar-refractivity contribution in [1.29, 1.82) is 0 Å². The van der Waals surface area contributed by atoms with E-state index in [0.717, 1.165) is 18.8 Å². The van der Waals surface area contributed by atoms with Gasteiger partial charge in [0, 0.05) is 24.5 Å². The van der Waals surface area contributed by atoms with E-state index in [1.54, 1.807) is 24.3 Å². The SMILES string of the molecule is O=C(C[C@H]1NC(=O)c2ccccc2NC1=O)Nc1ccc(N2CCOCC2)cc1. The van der Waals surface area contributed by atoms with Crippen LogP contribution in [0.3, 0.4) is 0 Å². The molecule has 4 rings (SSSR count). The molecule has 1 saturated heterocycles. The number of anilines is 3. The van der Waals surface area contributed by atoms with E-state index in [-0.39, 0.29) is 18.2 Å². The number of amides is 3. The molecule has 0 saturated carbocycles. The summed E-state index contributed by atoms with van der Waals surface area (Å²) in [5, 5.41) is 8.10. The number of para-hydroxylation sites is 1. The summed E-state index contributed by atoms with van der Waals surface area (Å²) >= 11 is 0. The molecular formula is C21H22N4O4. The van der Waals surface area contributed by atoms with Crippen molar-refractivity contribution >= 4 is 34.8 Å². The molecule has 0 bridgehead atoms. The highest BCUT2D eigenvalue weighted by atomic mass is 16.5. The number of hydrogen-bond donors (Lipinski definition) is 3. The van der Waals surface area contributed by atoms with Crippen LogP contribution >= 0.6 is 0 Å². The average molecular weight is 394 g/mol. The Morgan fingerprint density at radius 2 is 1.79 bits per heavy atom. The number of carbonyl (C=O) groups is 3. The van der Waals surface area contributed by atoms with Crippen LogP contribution in [0.5, 0.6) is 0 Å². The minimum atomic E-state index is -0.942. The van der Waals surface area contributed by atoms with Crippen molar-refractivity contribution < 1.29 is 19.1 Å². The maximum Gasteiger partial charge on any atom is 0.254 e. The minimum absolute atomic E-state index is 0.156. The topological polar surface area (TPSA) is 99.8 Å². The van der Waals surface area contributed by atoms with Gasteiger partial charge in [-0.05, 0) is 36.4 Å². The van der Waals surface area contributed by atoms with Gasteiger partial charge in [-0.25, -0.2) is 0 Å². The number of fused-ring (bicyclic) bond motifs is 1. The summed E-state index contributed by atoms with van der Waals surface area (Å²) in [5.41, 5.74) is 2.52. The van der Waals surface area contributed by atoms with Crippen LogP contribution in [-0.4, -0.2) is 50.1 Å². The molecule has 0 aromatic heterocycles. The van der Waals surface area contributed by atoms with Crippen molar-refractivity contribution in [2.24, 2.45) is 0 Å². The molecule has 29 heavy (non-hydrogen) atoms. The van der Waals surface area contributed by atoms with Crippen LogP contribution in [0, 0.1) is 0 Å². The molecule has 3 N–H and O–H groups in total. The van der Waals surface area contributed by atoms with Gasteiger partial charge in [-0.1, -0.05) is 12.1 Å². The van der Waals surface area contributed by atoms with Crippen LogP contribution in [0.25, 0.3) is 0 Å². The zero-order valence-corrected chi connectivity index (χ0v) is 15.8. The number of carbonyl (C=O) groups excluding carboxylic acids is 3. The van der Waals surface area contributed by atoms with Crippen LogP contribution < -0.4 is 20.9 Å². The summed E-state index contributed by atoms with van der Waals surface area (Å²) in [7, 11) is 0.